The van der Waals surface area contributed by atoms with Gasteiger partial charge in [-0.2, -0.15) is 0 Å². The Morgan fingerprint density at radius 1 is 1.35 bits per heavy atom. The summed E-state index contributed by atoms with van der Waals surface area (Å²) < 4.78 is 23.5. The van der Waals surface area contributed by atoms with Crippen LogP contribution in [0.3, 0.4) is 0 Å². The Morgan fingerprint density at radius 3 is 2.92 bits per heavy atom. The summed E-state index contributed by atoms with van der Waals surface area (Å²) in [6, 6.07) is 7.12. The zero-order valence-corrected chi connectivity index (χ0v) is 13.8. The lowest BCUT2D eigenvalue weighted by Crippen LogP contribution is -2.26. The van der Waals surface area contributed by atoms with Crippen LogP contribution < -0.4 is 15.4 Å². The average Bonchev–Trinajstić information content (AvgIpc) is 3.13. The Morgan fingerprint density at radius 2 is 2.19 bits per heavy atom. The van der Waals surface area contributed by atoms with Crippen LogP contribution in [-0.4, -0.2) is 25.0 Å². The van der Waals surface area contributed by atoms with Crippen molar-refractivity contribution in [1.82, 2.24) is 5.32 Å². The van der Waals surface area contributed by atoms with Crippen LogP contribution >= 0.6 is 0 Å². The first-order valence-corrected chi connectivity index (χ1v) is 7.73. The molecule has 0 saturated heterocycles. The Kier molecular flexibility index (Phi) is 7.01. The second-order valence-electron chi connectivity index (χ2n) is 5.07. The highest BCUT2D eigenvalue weighted by atomic mass is 19.1. The molecule has 0 atom stereocenters. The molecule has 2 rings (SSSR count). The van der Waals surface area contributed by atoms with Crippen molar-refractivity contribution in [2.24, 2.45) is 0 Å². The molecule has 1 aromatic carbocycles. The number of amides is 2. The van der Waals surface area contributed by atoms with E-state index in [0.29, 0.717) is 11.4 Å². The quantitative estimate of drug-likeness (QED) is 0.563. The van der Waals surface area contributed by atoms with E-state index >= 15 is 0 Å². The van der Waals surface area contributed by atoms with Crippen LogP contribution in [-0.2, 0) is 9.59 Å². The highest BCUT2D eigenvalue weighted by molar-refractivity contribution is 5.94. The molecule has 0 aliphatic carbocycles. The monoisotopic (exact) mass is 356 g/mol. The highest BCUT2D eigenvalue weighted by Crippen LogP contribution is 2.25. The standard InChI is InChI=1S/C19H17FN2O4/c1-2-11-26-17-13-14(20)5-7-16(17)22-19(24)9-10-21-18(23)8-6-15-4-3-12-25-15/h1,3-8,12-13H,9-11H2,(H,21,23)(H,22,24). The summed E-state index contributed by atoms with van der Waals surface area (Å²) in [5.41, 5.74) is 0.302. The number of carbonyl (C=O) groups is 2. The Labute approximate surface area is 150 Å². The number of hydrogen-bond acceptors (Lipinski definition) is 4. The SMILES string of the molecule is C#CCOc1cc(F)ccc1NC(=O)CCNC(=O)C=Cc1ccco1. The maximum absolute atomic E-state index is 13.3. The average molecular weight is 356 g/mol. The van der Waals surface area contributed by atoms with Crippen molar-refractivity contribution in [2.45, 2.75) is 6.42 Å². The molecule has 0 spiro atoms. The molecule has 134 valence electrons. The predicted molar refractivity (Wildman–Crippen MR) is 94.7 cm³/mol. The zero-order valence-electron chi connectivity index (χ0n) is 13.8. The van der Waals surface area contributed by atoms with E-state index < -0.39 is 5.82 Å². The molecule has 1 heterocycles. The molecule has 2 N–H and O–H groups in total. The van der Waals surface area contributed by atoms with E-state index in [1.807, 2.05) is 0 Å². The van der Waals surface area contributed by atoms with Gasteiger partial charge in [0.15, 0.2) is 0 Å². The third-order valence-corrected chi connectivity index (χ3v) is 3.12. The van der Waals surface area contributed by atoms with Crippen LogP contribution in [0.5, 0.6) is 5.75 Å². The molecule has 0 radical (unpaired) electrons. The zero-order chi connectivity index (χ0) is 18.8. The largest absolute Gasteiger partial charge is 0.479 e. The Hall–Kier alpha value is -3.53. The van der Waals surface area contributed by atoms with Gasteiger partial charge in [-0.05, 0) is 30.3 Å². The van der Waals surface area contributed by atoms with Gasteiger partial charge in [0.25, 0.3) is 0 Å². The minimum Gasteiger partial charge on any atom is -0.479 e. The second kappa shape index (κ2) is 9.69. The van der Waals surface area contributed by atoms with Crippen LogP contribution in [0.4, 0.5) is 10.1 Å². The fourth-order valence-corrected chi connectivity index (χ4v) is 1.95. The van der Waals surface area contributed by atoms with E-state index in [9.17, 15) is 14.0 Å². The number of halogens is 1. The van der Waals surface area contributed by atoms with Crippen molar-refractivity contribution in [3.8, 4) is 18.1 Å². The molecular formula is C19H17FN2O4. The van der Waals surface area contributed by atoms with Gasteiger partial charge in [-0.25, -0.2) is 4.39 Å². The highest BCUT2D eigenvalue weighted by Gasteiger charge is 2.09. The summed E-state index contributed by atoms with van der Waals surface area (Å²) >= 11 is 0. The Bertz CT molecular complexity index is 823. The number of furan rings is 1. The fourth-order valence-electron chi connectivity index (χ4n) is 1.95. The first-order chi connectivity index (χ1) is 12.6. The number of nitrogens with one attached hydrogen (secondary N) is 2. The van der Waals surface area contributed by atoms with Crippen LogP contribution in [0.2, 0.25) is 0 Å². The van der Waals surface area contributed by atoms with Crippen LogP contribution in [0.25, 0.3) is 6.08 Å². The molecule has 2 amide bonds. The van der Waals surface area contributed by atoms with Gasteiger partial charge in [-0.15, -0.1) is 6.42 Å². The van der Waals surface area contributed by atoms with Crippen molar-refractivity contribution in [1.29, 1.82) is 0 Å². The third-order valence-electron chi connectivity index (χ3n) is 3.12. The number of anilines is 1. The van der Waals surface area contributed by atoms with Crippen LogP contribution in [0.15, 0.2) is 47.1 Å². The number of benzene rings is 1. The molecule has 0 aliphatic rings. The molecule has 0 bridgehead atoms. The molecule has 0 fully saturated rings. The molecular weight excluding hydrogens is 339 g/mol. The van der Waals surface area contributed by atoms with Gasteiger partial charge in [-0.3, -0.25) is 9.59 Å². The number of hydrogen-bond donors (Lipinski definition) is 2. The molecule has 6 nitrogen and oxygen atoms in total. The first kappa shape index (κ1) is 18.8. The maximum atomic E-state index is 13.3. The normalized spacial score (nSPS) is 10.3. The lowest BCUT2D eigenvalue weighted by molar-refractivity contribution is -0.117. The third kappa shape index (κ3) is 6.17. The number of terminal acetylenes is 1. The molecule has 7 heteroatoms. The predicted octanol–water partition coefficient (Wildman–Crippen LogP) is 2.59. The van der Waals surface area contributed by atoms with Crippen molar-refractivity contribution in [2.75, 3.05) is 18.5 Å². The summed E-state index contributed by atoms with van der Waals surface area (Å²) in [6.07, 6.45) is 9.47. The minimum absolute atomic E-state index is 0.0340. The first-order valence-electron chi connectivity index (χ1n) is 7.73. The lowest BCUT2D eigenvalue weighted by Gasteiger charge is -2.11. The van der Waals surface area contributed by atoms with E-state index in [1.54, 1.807) is 12.1 Å². The van der Waals surface area contributed by atoms with Crippen LogP contribution in [0.1, 0.15) is 12.2 Å². The maximum Gasteiger partial charge on any atom is 0.244 e. The van der Waals surface area contributed by atoms with Crippen molar-refractivity contribution in [3.05, 3.63) is 54.2 Å². The van der Waals surface area contributed by atoms with Gasteiger partial charge < -0.3 is 19.8 Å². The molecule has 26 heavy (non-hydrogen) atoms. The molecule has 2 aromatic rings. The van der Waals surface area contributed by atoms with E-state index in [1.165, 1.54) is 30.5 Å². The van der Waals surface area contributed by atoms with Gasteiger partial charge in [0.2, 0.25) is 11.8 Å². The van der Waals surface area contributed by atoms with Gasteiger partial charge >= 0.3 is 0 Å². The summed E-state index contributed by atoms with van der Waals surface area (Å²) in [5.74, 6) is 1.73. The van der Waals surface area contributed by atoms with Gasteiger partial charge in [0.1, 0.15) is 23.9 Å². The lowest BCUT2D eigenvalue weighted by atomic mass is 10.2. The van der Waals surface area contributed by atoms with E-state index in [-0.39, 0.29) is 37.1 Å². The molecule has 0 aliphatic heterocycles. The van der Waals surface area contributed by atoms with E-state index in [0.717, 1.165) is 6.07 Å². The van der Waals surface area contributed by atoms with Gasteiger partial charge in [0.05, 0.1) is 12.0 Å². The summed E-state index contributed by atoms with van der Waals surface area (Å²) in [5, 5.41) is 5.17. The molecule has 0 saturated carbocycles. The number of carbonyl (C=O) groups excluding carboxylic acids is 2. The van der Waals surface area contributed by atoms with Gasteiger partial charge in [0, 0.05) is 25.1 Å². The van der Waals surface area contributed by atoms with Crippen molar-refractivity contribution < 1.29 is 23.1 Å². The summed E-state index contributed by atoms with van der Waals surface area (Å²) in [7, 11) is 0. The summed E-state index contributed by atoms with van der Waals surface area (Å²) in [6.45, 7) is 0.0826. The molecule has 1 aromatic heterocycles. The smallest absolute Gasteiger partial charge is 0.244 e. The van der Waals surface area contributed by atoms with E-state index in [2.05, 4.69) is 16.6 Å². The Balaban J connectivity index is 1.80. The van der Waals surface area contributed by atoms with Crippen molar-refractivity contribution in [3.63, 3.8) is 0 Å². The van der Waals surface area contributed by atoms with Crippen molar-refractivity contribution >= 4 is 23.6 Å². The number of rotatable bonds is 8. The fraction of sp³-hybridized carbons (Fsp3) is 0.158. The van der Waals surface area contributed by atoms with Crippen LogP contribution in [0, 0.1) is 18.2 Å². The second-order valence-corrected chi connectivity index (χ2v) is 5.07. The molecule has 0 unspecified atom stereocenters. The minimum atomic E-state index is -0.509. The number of ether oxygens (including phenoxy) is 1. The summed E-state index contributed by atoms with van der Waals surface area (Å²) in [4.78, 5) is 23.6. The van der Waals surface area contributed by atoms with Gasteiger partial charge in [-0.1, -0.05) is 5.92 Å². The topological polar surface area (TPSA) is 80.6 Å². The van der Waals surface area contributed by atoms with E-state index in [4.69, 9.17) is 15.6 Å².